The van der Waals surface area contributed by atoms with Crippen molar-refractivity contribution in [3.63, 3.8) is 0 Å². The van der Waals surface area contributed by atoms with Gasteiger partial charge in [-0.2, -0.15) is 0 Å². The van der Waals surface area contributed by atoms with Crippen LogP contribution in [0.25, 0.3) is 0 Å². The van der Waals surface area contributed by atoms with Crippen LogP contribution in [0, 0.1) is 6.92 Å². The van der Waals surface area contributed by atoms with Crippen molar-refractivity contribution in [3.05, 3.63) is 53.3 Å². The molecular weight excluding hydrogens is 240 g/mol. The minimum atomic E-state index is -0.294. The molecule has 0 spiro atoms. The van der Waals surface area contributed by atoms with Crippen molar-refractivity contribution in [1.82, 2.24) is 4.98 Å². The Morgan fingerprint density at radius 1 is 1.11 bits per heavy atom. The Morgan fingerprint density at radius 3 is 2.58 bits per heavy atom. The quantitative estimate of drug-likeness (QED) is 0.915. The van der Waals surface area contributed by atoms with E-state index in [2.05, 4.69) is 4.98 Å². The maximum Gasteiger partial charge on any atom is 0.137 e. The Labute approximate surface area is 113 Å². The minimum absolute atomic E-state index is 0.294. The van der Waals surface area contributed by atoms with Crippen LogP contribution in [0.4, 0.5) is 0 Å². The number of methoxy groups -OCH3 is 2. The number of nitrogens with zero attached hydrogens (tertiary/aromatic N) is 1. The third-order valence-electron chi connectivity index (χ3n) is 3.05. The van der Waals surface area contributed by atoms with Crippen LogP contribution in [-0.4, -0.2) is 19.2 Å². The smallest absolute Gasteiger partial charge is 0.137 e. The number of pyridine rings is 1. The molecule has 1 heterocycles. The summed E-state index contributed by atoms with van der Waals surface area (Å²) >= 11 is 0. The Bertz CT molecular complexity index is 570. The molecule has 4 nitrogen and oxygen atoms in total. The van der Waals surface area contributed by atoms with E-state index in [0.29, 0.717) is 5.75 Å². The van der Waals surface area contributed by atoms with Gasteiger partial charge in [-0.1, -0.05) is 17.7 Å². The zero-order chi connectivity index (χ0) is 13.8. The molecule has 0 bridgehead atoms. The third-order valence-corrected chi connectivity index (χ3v) is 3.05. The topological polar surface area (TPSA) is 57.4 Å². The van der Waals surface area contributed by atoms with E-state index in [0.717, 1.165) is 22.4 Å². The molecule has 1 unspecified atom stereocenters. The zero-order valence-corrected chi connectivity index (χ0v) is 11.4. The predicted molar refractivity (Wildman–Crippen MR) is 74.6 cm³/mol. The molecule has 1 aromatic carbocycles. The normalized spacial score (nSPS) is 12.0. The first-order valence-corrected chi connectivity index (χ1v) is 6.04. The van der Waals surface area contributed by atoms with Crippen LogP contribution in [0.15, 0.2) is 36.7 Å². The monoisotopic (exact) mass is 258 g/mol. The van der Waals surface area contributed by atoms with Gasteiger partial charge < -0.3 is 15.2 Å². The molecule has 1 atom stereocenters. The van der Waals surface area contributed by atoms with Gasteiger partial charge in [-0.3, -0.25) is 4.98 Å². The third kappa shape index (κ3) is 2.85. The summed E-state index contributed by atoms with van der Waals surface area (Å²) < 4.78 is 10.5. The number of hydrogen-bond acceptors (Lipinski definition) is 4. The molecule has 0 aliphatic heterocycles. The molecule has 0 aliphatic carbocycles. The van der Waals surface area contributed by atoms with Gasteiger partial charge in [0.2, 0.25) is 0 Å². The summed E-state index contributed by atoms with van der Waals surface area (Å²) in [5.74, 6) is 1.47. The van der Waals surface area contributed by atoms with E-state index in [1.165, 1.54) is 0 Å². The molecule has 2 N–H and O–H groups in total. The van der Waals surface area contributed by atoms with Crippen LogP contribution in [0.3, 0.4) is 0 Å². The SMILES string of the molecule is COc1cncc(C(N)c2cc(C)ccc2OC)c1. The van der Waals surface area contributed by atoms with Gasteiger partial charge in [-0.15, -0.1) is 0 Å². The number of ether oxygens (including phenoxy) is 2. The minimum Gasteiger partial charge on any atom is -0.496 e. The maximum absolute atomic E-state index is 6.31. The molecule has 1 aromatic heterocycles. The first-order valence-electron chi connectivity index (χ1n) is 6.04. The van der Waals surface area contributed by atoms with Crippen LogP contribution in [0.5, 0.6) is 11.5 Å². The molecule has 4 heteroatoms. The van der Waals surface area contributed by atoms with Gasteiger partial charge >= 0.3 is 0 Å². The van der Waals surface area contributed by atoms with Gasteiger partial charge in [-0.05, 0) is 24.6 Å². The lowest BCUT2D eigenvalue weighted by Gasteiger charge is -2.17. The fourth-order valence-electron chi connectivity index (χ4n) is 1.99. The maximum atomic E-state index is 6.31. The van der Waals surface area contributed by atoms with E-state index >= 15 is 0 Å². The summed E-state index contributed by atoms with van der Waals surface area (Å²) in [5.41, 5.74) is 9.28. The molecule has 19 heavy (non-hydrogen) atoms. The Balaban J connectivity index is 2.42. The van der Waals surface area contributed by atoms with Crippen molar-refractivity contribution in [2.75, 3.05) is 14.2 Å². The molecule has 0 saturated carbocycles. The van der Waals surface area contributed by atoms with Crippen molar-refractivity contribution >= 4 is 0 Å². The van der Waals surface area contributed by atoms with E-state index in [4.69, 9.17) is 15.2 Å². The second-order valence-electron chi connectivity index (χ2n) is 4.38. The predicted octanol–water partition coefficient (Wildman–Crippen LogP) is 2.46. The number of hydrogen-bond donors (Lipinski definition) is 1. The van der Waals surface area contributed by atoms with E-state index < -0.39 is 0 Å². The highest BCUT2D eigenvalue weighted by atomic mass is 16.5. The number of aromatic nitrogens is 1. The molecule has 0 radical (unpaired) electrons. The lowest BCUT2D eigenvalue weighted by molar-refractivity contribution is 0.406. The molecule has 2 aromatic rings. The zero-order valence-electron chi connectivity index (χ0n) is 11.4. The highest BCUT2D eigenvalue weighted by Gasteiger charge is 2.15. The molecule has 0 amide bonds. The van der Waals surface area contributed by atoms with Gasteiger partial charge in [0, 0.05) is 11.8 Å². The summed E-state index contributed by atoms with van der Waals surface area (Å²) in [6, 6.07) is 7.55. The average Bonchev–Trinajstić information content (AvgIpc) is 2.46. The van der Waals surface area contributed by atoms with Crippen LogP contribution >= 0.6 is 0 Å². The summed E-state index contributed by atoms with van der Waals surface area (Å²) in [5, 5.41) is 0. The van der Waals surface area contributed by atoms with E-state index in [9.17, 15) is 0 Å². The fraction of sp³-hybridized carbons (Fsp3) is 0.267. The molecule has 0 fully saturated rings. The summed E-state index contributed by atoms with van der Waals surface area (Å²) in [7, 11) is 3.25. The van der Waals surface area contributed by atoms with E-state index in [1.54, 1.807) is 26.6 Å². The Morgan fingerprint density at radius 2 is 1.89 bits per heavy atom. The Hall–Kier alpha value is -2.07. The van der Waals surface area contributed by atoms with Crippen molar-refractivity contribution in [3.8, 4) is 11.5 Å². The number of rotatable bonds is 4. The van der Waals surface area contributed by atoms with Crippen molar-refractivity contribution in [1.29, 1.82) is 0 Å². The van der Waals surface area contributed by atoms with E-state index in [-0.39, 0.29) is 6.04 Å². The summed E-state index contributed by atoms with van der Waals surface area (Å²) in [6.07, 6.45) is 3.40. The van der Waals surface area contributed by atoms with Gasteiger partial charge in [0.15, 0.2) is 0 Å². The second-order valence-corrected chi connectivity index (χ2v) is 4.38. The lowest BCUT2D eigenvalue weighted by Crippen LogP contribution is -2.13. The van der Waals surface area contributed by atoms with Gasteiger partial charge in [0.05, 0.1) is 26.5 Å². The summed E-state index contributed by atoms with van der Waals surface area (Å²) in [6.45, 7) is 2.03. The van der Waals surface area contributed by atoms with Crippen LogP contribution in [0.1, 0.15) is 22.7 Å². The highest BCUT2D eigenvalue weighted by molar-refractivity contribution is 5.44. The highest BCUT2D eigenvalue weighted by Crippen LogP contribution is 2.30. The number of nitrogens with two attached hydrogens (primary N) is 1. The van der Waals surface area contributed by atoms with E-state index in [1.807, 2.05) is 31.2 Å². The van der Waals surface area contributed by atoms with Crippen molar-refractivity contribution < 1.29 is 9.47 Å². The largest absolute Gasteiger partial charge is 0.496 e. The molecule has 0 aliphatic rings. The van der Waals surface area contributed by atoms with Crippen LogP contribution in [-0.2, 0) is 0 Å². The van der Waals surface area contributed by atoms with Gasteiger partial charge in [0.25, 0.3) is 0 Å². The average molecular weight is 258 g/mol. The van der Waals surface area contributed by atoms with Crippen LogP contribution < -0.4 is 15.2 Å². The lowest BCUT2D eigenvalue weighted by atomic mass is 9.98. The standard InChI is InChI=1S/C15H18N2O2/c1-10-4-5-14(19-3)13(6-10)15(16)11-7-12(18-2)9-17-8-11/h4-9,15H,16H2,1-3H3. The number of benzene rings is 1. The van der Waals surface area contributed by atoms with Gasteiger partial charge in [0.1, 0.15) is 11.5 Å². The molecule has 2 rings (SSSR count). The first-order chi connectivity index (χ1) is 9.15. The molecule has 100 valence electrons. The number of aryl methyl sites for hydroxylation is 1. The van der Waals surface area contributed by atoms with Crippen molar-refractivity contribution in [2.45, 2.75) is 13.0 Å². The van der Waals surface area contributed by atoms with Crippen molar-refractivity contribution in [2.24, 2.45) is 5.73 Å². The fourth-order valence-corrected chi connectivity index (χ4v) is 1.99. The first kappa shape index (κ1) is 13.4. The summed E-state index contributed by atoms with van der Waals surface area (Å²) in [4.78, 5) is 4.13. The van der Waals surface area contributed by atoms with Gasteiger partial charge in [-0.25, -0.2) is 0 Å². The van der Waals surface area contributed by atoms with Crippen LogP contribution in [0.2, 0.25) is 0 Å². The Kier molecular flexibility index (Phi) is 4.02. The second kappa shape index (κ2) is 5.71. The molecular formula is C15H18N2O2. The molecule has 0 saturated heterocycles.